The van der Waals surface area contributed by atoms with Crippen LogP contribution in [0.3, 0.4) is 0 Å². The summed E-state index contributed by atoms with van der Waals surface area (Å²) in [5, 5.41) is 0. The number of rotatable bonds is 8. The highest BCUT2D eigenvalue weighted by atomic mass is 31.2. The van der Waals surface area contributed by atoms with Crippen molar-refractivity contribution in [1.29, 1.82) is 0 Å². The molecule has 0 saturated carbocycles. The van der Waals surface area contributed by atoms with E-state index in [0.29, 0.717) is 11.5 Å². The molecule has 0 amide bonds. The number of ketones is 1. The van der Waals surface area contributed by atoms with E-state index in [1.807, 2.05) is 0 Å². The van der Waals surface area contributed by atoms with Crippen LogP contribution < -0.4 is 9.47 Å². The topological polar surface area (TPSA) is 71.1 Å². The molecule has 0 aliphatic rings. The monoisotopic (exact) mass is 288 g/mol. The standard InChI is InChI=1S/C12H17O6P/c1-15-11-6-4-5-7-12(11)18-8-10(13)9-19(14,16-2)17-3/h4-7H,8-9H2,1-3H3. The molecule has 1 rings (SSSR count). The largest absolute Gasteiger partial charge is 0.493 e. The molecule has 0 bridgehead atoms. The summed E-state index contributed by atoms with van der Waals surface area (Å²) < 4.78 is 31.5. The smallest absolute Gasteiger partial charge is 0.337 e. The third-order valence-corrected chi connectivity index (χ3v) is 4.24. The second-order valence-corrected chi connectivity index (χ2v) is 5.88. The molecule has 0 aromatic heterocycles. The normalized spacial score (nSPS) is 11.1. The maximum absolute atomic E-state index is 11.8. The molecule has 0 N–H and O–H groups in total. The van der Waals surface area contributed by atoms with E-state index in [9.17, 15) is 9.36 Å². The molecule has 0 radical (unpaired) electrons. The molecule has 106 valence electrons. The number of carbonyl (C=O) groups is 1. The zero-order chi connectivity index (χ0) is 14.3. The second-order valence-electron chi connectivity index (χ2n) is 3.61. The van der Waals surface area contributed by atoms with Crippen LogP contribution in [-0.4, -0.2) is 39.9 Å². The average molecular weight is 288 g/mol. The lowest BCUT2D eigenvalue weighted by molar-refractivity contribution is -0.118. The molecule has 0 fully saturated rings. The highest BCUT2D eigenvalue weighted by Gasteiger charge is 2.25. The number of para-hydroxylation sites is 2. The van der Waals surface area contributed by atoms with Crippen LogP contribution in [0.25, 0.3) is 0 Å². The lowest BCUT2D eigenvalue weighted by Gasteiger charge is -2.13. The van der Waals surface area contributed by atoms with Gasteiger partial charge in [0.2, 0.25) is 0 Å². The fourth-order valence-electron chi connectivity index (χ4n) is 1.36. The van der Waals surface area contributed by atoms with E-state index in [4.69, 9.17) is 9.47 Å². The molecule has 0 aliphatic carbocycles. The Morgan fingerprint density at radius 2 is 1.68 bits per heavy atom. The Labute approximate surface area is 112 Å². The molecular weight excluding hydrogens is 271 g/mol. The number of Topliss-reactive ketones (excluding diaryl/α,β-unsaturated/α-hetero) is 1. The minimum atomic E-state index is -3.34. The van der Waals surface area contributed by atoms with Crippen LogP contribution in [0.1, 0.15) is 0 Å². The van der Waals surface area contributed by atoms with Crippen molar-refractivity contribution in [1.82, 2.24) is 0 Å². The van der Waals surface area contributed by atoms with E-state index in [-0.39, 0.29) is 18.6 Å². The van der Waals surface area contributed by atoms with Gasteiger partial charge in [-0.2, -0.15) is 0 Å². The number of ether oxygens (including phenoxy) is 2. The van der Waals surface area contributed by atoms with Gasteiger partial charge in [-0.05, 0) is 12.1 Å². The molecule has 0 atom stereocenters. The van der Waals surface area contributed by atoms with Crippen LogP contribution in [0.2, 0.25) is 0 Å². The van der Waals surface area contributed by atoms with E-state index < -0.39 is 7.60 Å². The van der Waals surface area contributed by atoms with Crippen LogP contribution in [0, 0.1) is 0 Å². The summed E-state index contributed by atoms with van der Waals surface area (Å²) >= 11 is 0. The Balaban J connectivity index is 2.57. The maximum Gasteiger partial charge on any atom is 0.337 e. The van der Waals surface area contributed by atoms with Gasteiger partial charge in [0.15, 0.2) is 17.3 Å². The average Bonchev–Trinajstić information content (AvgIpc) is 2.45. The van der Waals surface area contributed by atoms with Gasteiger partial charge in [0.05, 0.1) is 7.11 Å². The van der Waals surface area contributed by atoms with Crippen LogP contribution in [-0.2, 0) is 18.4 Å². The number of carbonyl (C=O) groups excluding carboxylic acids is 1. The van der Waals surface area contributed by atoms with E-state index in [1.165, 1.54) is 21.3 Å². The molecule has 0 heterocycles. The van der Waals surface area contributed by atoms with Crippen molar-refractivity contribution in [3.05, 3.63) is 24.3 Å². The number of benzene rings is 1. The fraction of sp³-hybridized carbons (Fsp3) is 0.417. The summed E-state index contributed by atoms with van der Waals surface area (Å²) in [6, 6.07) is 6.95. The summed E-state index contributed by atoms with van der Waals surface area (Å²) in [6.07, 6.45) is -0.324. The van der Waals surface area contributed by atoms with E-state index in [0.717, 1.165) is 0 Å². The SMILES string of the molecule is COc1ccccc1OCC(=O)CP(=O)(OC)OC. The van der Waals surface area contributed by atoms with Crippen molar-refractivity contribution < 1.29 is 27.9 Å². The fourth-order valence-corrected chi connectivity index (χ4v) is 2.29. The second kappa shape index (κ2) is 7.28. The Morgan fingerprint density at radius 1 is 1.11 bits per heavy atom. The maximum atomic E-state index is 11.8. The number of methoxy groups -OCH3 is 1. The first-order valence-corrected chi connectivity index (χ1v) is 7.25. The number of hydrogen-bond acceptors (Lipinski definition) is 6. The van der Waals surface area contributed by atoms with Gasteiger partial charge in [-0.25, -0.2) is 0 Å². The highest BCUT2D eigenvalue weighted by Crippen LogP contribution is 2.45. The van der Waals surface area contributed by atoms with Gasteiger partial charge in [-0.3, -0.25) is 9.36 Å². The van der Waals surface area contributed by atoms with Gasteiger partial charge in [0.1, 0.15) is 12.8 Å². The molecule has 1 aromatic carbocycles. The van der Waals surface area contributed by atoms with Crippen molar-refractivity contribution in [2.24, 2.45) is 0 Å². The van der Waals surface area contributed by atoms with E-state index in [2.05, 4.69) is 9.05 Å². The molecule has 0 saturated heterocycles. The Morgan fingerprint density at radius 3 is 2.21 bits per heavy atom. The quantitative estimate of drug-likeness (QED) is 0.682. The van der Waals surface area contributed by atoms with Crippen molar-refractivity contribution in [2.45, 2.75) is 0 Å². The zero-order valence-electron chi connectivity index (χ0n) is 11.1. The first-order valence-electron chi connectivity index (χ1n) is 5.52. The van der Waals surface area contributed by atoms with Crippen molar-refractivity contribution >= 4 is 13.4 Å². The Hall–Kier alpha value is -1.36. The lowest BCUT2D eigenvalue weighted by atomic mass is 10.3. The minimum Gasteiger partial charge on any atom is -0.493 e. The summed E-state index contributed by atoms with van der Waals surface area (Å²) in [7, 11) is 0.639. The van der Waals surface area contributed by atoms with Gasteiger partial charge in [0, 0.05) is 14.2 Å². The first kappa shape index (κ1) is 15.7. The van der Waals surface area contributed by atoms with E-state index >= 15 is 0 Å². The van der Waals surface area contributed by atoms with Gasteiger partial charge in [-0.15, -0.1) is 0 Å². The molecule has 19 heavy (non-hydrogen) atoms. The molecule has 0 unspecified atom stereocenters. The third kappa shape index (κ3) is 4.67. The Kier molecular flexibility index (Phi) is 6.02. The van der Waals surface area contributed by atoms with Crippen molar-refractivity contribution in [2.75, 3.05) is 34.1 Å². The molecule has 0 spiro atoms. The van der Waals surface area contributed by atoms with Gasteiger partial charge in [-0.1, -0.05) is 12.1 Å². The predicted molar refractivity (Wildman–Crippen MR) is 70.0 cm³/mol. The molecule has 0 aliphatic heterocycles. The van der Waals surface area contributed by atoms with Gasteiger partial charge in [0.25, 0.3) is 0 Å². The minimum absolute atomic E-state index is 0.225. The third-order valence-electron chi connectivity index (χ3n) is 2.38. The highest BCUT2D eigenvalue weighted by molar-refractivity contribution is 7.54. The summed E-state index contributed by atoms with van der Waals surface area (Å²) in [6.45, 7) is -0.225. The van der Waals surface area contributed by atoms with Gasteiger partial charge < -0.3 is 18.5 Å². The van der Waals surface area contributed by atoms with E-state index in [1.54, 1.807) is 24.3 Å². The zero-order valence-corrected chi connectivity index (χ0v) is 12.0. The van der Waals surface area contributed by atoms with Crippen LogP contribution in [0.15, 0.2) is 24.3 Å². The van der Waals surface area contributed by atoms with Crippen LogP contribution in [0.4, 0.5) is 0 Å². The van der Waals surface area contributed by atoms with Crippen molar-refractivity contribution in [3.63, 3.8) is 0 Å². The molecule has 6 nitrogen and oxygen atoms in total. The predicted octanol–water partition coefficient (Wildman–Crippen LogP) is 2.13. The summed E-state index contributed by atoms with van der Waals surface area (Å²) in [5.41, 5.74) is 0. The Bertz CT molecular complexity index is 465. The van der Waals surface area contributed by atoms with Crippen LogP contribution >= 0.6 is 7.60 Å². The summed E-state index contributed by atoms with van der Waals surface area (Å²) in [5.74, 6) is 0.595. The first-order chi connectivity index (χ1) is 9.04. The summed E-state index contributed by atoms with van der Waals surface area (Å²) in [4.78, 5) is 11.7. The number of hydrogen-bond donors (Lipinski definition) is 0. The lowest BCUT2D eigenvalue weighted by Crippen LogP contribution is -2.16. The van der Waals surface area contributed by atoms with Gasteiger partial charge >= 0.3 is 7.60 Å². The van der Waals surface area contributed by atoms with Crippen LogP contribution in [0.5, 0.6) is 11.5 Å². The molecular formula is C12H17O6P. The molecule has 7 heteroatoms. The van der Waals surface area contributed by atoms with Crippen molar-refractivity contribution in [3.8, 4) is 11.5 Å². The molecule has 1 aromatic rings.